The van der Waals surface area contributed by atoms with Gasteiger partial charge in [0, 0.05) is 17.8 Å². The van der Waals surface area contributed by atoms with Gasteiger partial charge in [0.1, 0.15) is 0 Å². The van der Waals surface area contributed by atoms with Gasteiger partial charge in [-0.05, 0) is 38.0 Å². The highest BCUT2D eigenvalue weighted by atomic mass is 35.5. The van der Waals surface area contributed by atoms with Crippen molar-refractivity contribution in [2.75, 3.05) is 13.2 Å². The Kier molecular flexibility index (Phi) is 7.52. The largest absolute Gasteiger partial charge is 0.394 e. The lowest BCUT2D eigenvalue weighted by atomic mass is 9.94. The van der Waals surface area contributed by atoms with Crippen LogP contribution >= 0.6 is 11.6 Å². The SMILES string of the molecule is Cc1cc(-c2ccc(Cl)c(C(=O)NCC3(O)CCCCCC3)c2)nn1CC(O)CO. The minimum absolute atomic E-state index is 0.182. The molecule has 1 amide bonds. The Morgan fingerprint density at radius 2 is 1.97 bits per heavy atom. The number of aryl methyl sites for hydroxylation is 1. The summed E-state index contributed by atoms with van der Waals surface area (Å²) < 4.78 is 1.62. The van der Waals surface area contributed by atoms with Gasteiger partial charge in [-0.1, -0.05) is 43.4 Å². The van der Waals surface area contributed by atoms with Gasteiger partial charge in [0.05, 0.1) is 41.1 Å². The molecule has 0 aliphatic heterocycles. The zero-order chi connectivity index (χ0) is 21.7. The van der Waals surface area contributed by atoms with E-state index < -0.39 is 11.7 Å². The van der Waals surface area contributed by atoms with Crippen molar-refractivity contribution in [2.45, 2.75) is 63.7 Å². The fourth-order valence-electron chi connectivity index (χ4n) is 3.86. The molecule has 1 aromatic heterocycles. The number of carbonyl (C=O) groups excluding carboxylic acids is 1. The predicted octanol–water partition coefficient (Wildman–Crippen LogP) is 2.68. The number of carbonyl (C=O) groups is 1. The molecule has 30 heavy (non-hydrogen) atoms. The number of hydrogen-bond donors (Lipinski definition) is 4. The van der Waals surface area contributed by atoms with Crippen LogP contribution in [0, 0.1) is 6.92 Å². The molecule has 1 atom stereocenters. The zero-order valence-corrected chi connectivity index (χ0v) is 18.0. The van der Waals surface area contributed by atoms with Crippen LogP contribution in [-0.4, -0.2) is 55.9 Å². The van der Waals surface area contributed by atoms with E-state index in [-0.39, 0.29) is 25.6 Å². The van der Waals surface area contributed by atoms with Crippen LogP contribution < -0.4 is 5.32 Å². The first-order valence-corrected chi connectivity index (χ1v) is 10.8. The van der Waals surface area contributed by atoms with Crippen molar-refractivity contribution in [3.05, 3.63) is 40.5 Å². The second-order valence-corrected chi connectivity index (χ2v) is 8.61. The Balaban J connectivity index is 1.75. The highest BCUT2D eigenvalue weighted by Gasteiger charge is 2.28. The Hall–Kier alpha value is -1.93. The van der Waals surface area contributed by atoms with Gasteiger partial charge in [-0.15, -0.1) is 0 Å². The van der Waals surface area contributed by atoms with Crippen LogP contribution in [0.5, 0.6) is 0 Å². The molecule has 164 valence electrons. The number of nitrogens with one attached hydrogen (secondary N) is 1. The average Bonchev–Trinajstić information content (AvgIpc) is 2.94. The Morgan fingerprint density at radius 3 is 2.63 bits per heavy atom. The molecule has 1 fully saturated rings. The fourth-order valence-corrected chi connectivity index (χ4v) is 4.06. The number of aromatic nitrogens is 2. The van der Waals surface area contributed by atoms with Crippen molar-refractivity contribution < 1.29 is 20.1 Å². The van der Waals surface area contributed by atoms with Gasteiger partial charge in [0.15, 0.2) is 0 Å². The van der Waals surface area contributed by atoms with Gasteiger partial charge >= 0.3 is 0 Å². The molecule has 0 spiro atoms. The lowest BCUT2D eigenvalue weighted by Crippen LogP contribution is -2.42. The van der Waals surface area contributed by atoms with Crippen molar-refractivity contribution in [3.63, 3.8) is 0 Å². The number of rotatable bonds is 7. The zero-order valence-electron chi connectivity index (χ0n) is 17.3. The quantitative estimate of drug-likeness (QED) is 0.500. The Morgan fingerprint density at radius 1 is 1.27 bits per heavy atom. The Labute approximate surface area is 181 Å². The van der Waals surface area contributed by atoms with Gasteiger partial charge in [-0.3, -0.25) is 9.48 Å². The van der Waals surface area contributed by atoms with Crippen LogP contribution in [-0.2, 0) is 6.54 Å². The molecule has 1 aromatic carbocycles. The number of nitrogens with zero attached hydrogens (tertiary/aromatic N) is 2. The highest BCUT2D eigenvalue weighted by molar-refractivity contribution is 6.34. The summed E-state index contributed by atoms with van der Waals surface area (Å²) in [6.45, 7) is 1.91. The summed E-state index contributed by atoms with van der Waals surface area (Å²) >= 11 is 6.28. The summed E-state index contributed by atoms with van der Waals surface area (Å²) in [5, 5.41) is 37.1. The van der Waals surface area contributed by atoms with Crippen molar-refractivity contribution in [2.24, 2.45) is 0 Å². The standard InChI is InChI=1S/C22H30ClN3O4/c1-15-10-20(25-26(15)12-17(28)13-27)16-6-7-19(23)18(11-16)21(29)24-14-22(30)8-4-2-3-5-9-22/h6-7,10-11,17,27-28,30H,2-5,8-9,12-14H2,1H3,(H,24,29). The van der Waals surface area contributed by atoms with Gasteiger partial charge in [-0.25, -0.2) is 0 Å². The molecule has 1 unspecified atom stereocenters. The van der Waals surface area contributed by atoms with E-state index in [9.17, 15) is 15.0 Å². The molecule has 7 nitrogen and oxygen atoms in total. The topological polar surface area (TPSA) is 108 Å². The maximum absolute atomic E-state index is 12.8. The van der Waals surface area contributed by atoms with E-state index >= 15 is 0 Å². The third-order valence-corrected chi connectivity index (χ3v) is 6.02. The monoisotopic (exact) mass is 435 g/mol. The molecule has 0 radical (unpaired) electrons. The first kappa shape index (κ1) is 22.7. The van der Waals surface area contributed by atoms with Crippen LogP contribution in [0.1, 0.15) is 54.6 Å². The summed E-state index contributed by atoms with van der Waals surface area (Å²) in [5.74, 6) is -0.327. The molecule has 4 N–H and O–H groups in total. The minimum atomic E-state index is -0.891. The van der Waals surface area contributed by atoms with Crippen LogP contribution in [0.4, 0.5) is 0 Å². The van der Waals surface area contributed by atoms with E-state index in [1.54, 1.807) is 22.9 Å². The van der Waals surface area contributed by atoms with Crippen molar-refractivity contribution in [3.8, 4) is 11.3 Å². The summed E-state index contributed by atoms with van der Waals surface area (Å²) in [5.41, 5.74) is 1.66. The maximum atomic E-state index is 12.8. The number of aliphatic hydroxyl groups excluding tert-OH is 2. The maximum Gasteiger partial charge on any atom is 0.252 e. The minimum Gasteiger partial charge on any atom is -0.394 e. The number of aliphatic hydroxyl groups is 3. The van der Waals surface area contributed by atoms with Crippen LogP contribution in [0.25, 0.3) is 11.3 Å². The second kappa shape index (κ2) is 9.92. The van der Waals surface area contributed by atoms with E-state index in [0.29, 0.717) is 29.1 Å². The summed E-state index contributed by atoms with van der Waals surface area (Å²) in [7, 11) is 0. The third kappa shape index (κ3) is 5.60. The smallest absolute Gasteiger partial charge is 0.252 e. The van der Waals surface area contributed by atoms with E-state index in [4.69, 9.17) is 16.7 Å². The van der Waals surface area contributed by atoms with Gasteiger partial charge in [0.2, 0.25) is 0 Å². The second-order valence-electron chi connectivity index (χ2n) is 8.21. The molecule has 1 heterocycles. The molecular weight excluding hydrogens is 406 g/mol. The van der Waals surface area contributed by atoms with Crippen LogP contribution in [0.2, 0.25) is 5.02 Å². The van der Waals surface area contributed by atoms with Crippen molar-refractivity contribution in [1.82, 2.24) is 15.1 Å². The first-order valence-electron chi connectivity index (χ1n) is 10.5. The van der Waals surface area contributed by atoms with Crippen molar-refractivity contribution in [1.29, 1.82) is 0 Å². The molecule has 1 aliphatic rings. The normalized spacial score (nSPS) is 17.4. The molecule has 8 heteroatoms. The van der Waals surface area contributed by atoms with E-state index in [1.807, 2.05) is 13.0 Å². The summed E-state index contributed by atoms with van der Waals surface area (Å²) in [6, 6.07) is 6.97. The van der Waals surface area contributed by atoms with Gasteiger partial charge < -0.3 is 20.6 Å². The van der Waals surface area contributed by atoms with E-state index in [1.165, 1.54) is 0 Å². The molecule has 2 aromatic rings. The molecule has 0 saturated heterocycles. The van der Waals surface area contributed by atoms with Crippen LogP contribution in [0.15, 0.2) is 24.3 Å². The molecular formula is C22H30ClN3O4. The number of hydrogen-bond acceptors (Lipinski definition) is 5. The van der Waals surface area contributed by atoms with E-state index in [2.05, 4.69) is 10.4 Å². The number of halogens is 1. The third-order valence-electron chi connectivity index (χ3n) is 5.69. The number of amides is 1. The lowest BCUT2D eigenvalue weighted by molar-refractivity contribution is 0.0246. The predicted molar refractivity (Wildman–Crippen MR) is 115 cm³/mol. The molecule has 1 saturated carbocycles. The molecule has 3 rings (SSSR count). The average molecular weight is 436 g/mol. The van der Waals surface area contributed by atoms with Gasteiger partial charge in [-0.2, -0.15) is 5.10 Å². The van der Waals surface area contributed by atoms with E-state index in [0.717, 1.165) is 36.9 Å². The number of benzene rings is 1. The summed E-state index contributed by atoms with van der Waals surface area (Å²) in [6.07, 6.45) is 4.66. The lowest BCUT2D eigenvalue weighted by Gasteiger charge is -2.26. The van der Waals surface area contributed by atoms with Crippen LogP contribution in [0.3, 0.4) is 0 Å². The van der Waals surface area contributed by atoms with Crippen molar-refractivity contribution >= 4 is 17.5 Å². The highest BCUT2D eigenvalue weighted by Crippen LogP contribution is 2.28. The fraction of sp³-hybridized carbons (Fsp3) is 0.545. The van der Waals surface area contributed by atoms with Gasteiger partial charge in [0.25, 0.3) is 5.91 Å². The Bertz CT molecular complexity index is 875. The molecule has 1 aliphatic carbocycles. The summed E-state index contributed by atoms with van der Waals surface area (Å²) in [4.78, 5) is 12.8. The molecule has 0 bridgehead atoms. The first-order chi connectivity index (χ1) is 14.3.